The summed E-state index contributed by atoms with van der Waals surface area (Å²) in [6, 6.07) is 14.3. The molecule has 1 fully saturated rings. The second kappa shape index (κ2) is 8.89. The number of esters is 1. The van der Waals surface area contributed by atoms with Gasteiger partial charge >= 0.3 is 5.97 Å². The zero-order valence-electron chi connectivity index (χ0n) is 15.5. The molecule has 146 valence electrons. The van der Waals surface area contributed by atoms with Gasteiger partial charge in [0.1, 0.15) is 0 Å². The summed E-state index contributed by atoms with van der Waals surface area (Å²) in [7, 11) is 0. The van der Waals surface area contributed by atoms with Crippen LogP contribution in [0.4, 0.5) is 11.4 Å². The van der Waals surface area contributed by atoms with Crippen molar-refractivity contribution in [1.82, 2.24) is 0 Å². The van der Waals surface area contributed by atoms with Crippen molar-refractivity contribution in [2.24, 2.45) is 5.92 Å². The van der Waals surface area contributed by atoms with Crippen LogP contribution >= 0.6 is 11.6 Å². The molecular formula is C21H21ClN2O4. The van der Waals surface area contributed by atoms with Gasteiger partial charge in [0, 0.05) is 29.4 Å². The maximum Gasteiger partial charge on any atom is 0.311 e. The lowest BCUT2D eigenvalue weighted by Gasteiger charge is -2.16. The van der Waals surface area contributed by atoms with Gasteiger partial charge in [-0.25, -0.2) is 0 Å². The molecule has 1 heterocycles. The largest absolute Gasteiger partial charge is 0.455 e. The van der Waals surface area contributed by atoms with Crippen LogP contribution in [0.1, 0.15) is 18.9 Å². The molecule has 1 N–H and O–H groups in total. The molecule has 28 heavy (non-hydrogen) atoms. The van der Waals surface area contributed by atoms with Crippen molar-refractivity contribution < 1.29 is 19.1 Å². The molecule has 1 aliphatic heterocycles. The van der Waals surface area contributed by atoms with Gasteiger partial charge < -0.3 is 15.0 Å². The van der Waals surface area contributed by atoms with Gasteiger partial charge in [0.25, 0.3) is 5.91 Å². The first-order valence-corrected chi connectivity index (χ1v) is 9.45. The van der Waals surface area contributed by atoms with E-state index >= 15 is 0 Å². The van der Waals surface area contributed by atoms with E-state index in [4.69, 9.17) is 16.3 Å². The summed E-state index contributed by atoms with van der Waals surface area (Å²) >= 11 is 5.96. The monoisotopic (exact) mass is 400 g/mol. The van der Waals surface area contributed by atoms with Gasteiger partial charge in [-0.2, -0.15) is 0 Å². The van der Waals surface area contributed by atoms with E-state index in [-0.39, 0.29) is 18.9 Å². The van der Waals surface area contributed by atoms with E-state index in [1.54, 1.807) is 36.4 Å². The highest BCUT2D eigenvalue weighted by molar-refractivity contribution is 6.31. The summed E-state index contributed by atoms with van der Waals surface area (Å²) in [4.78, 5) is 38.0. The summed E-state index contributed by atoms with van der Waals surface area (Å²) < 4.78 is 5.11. The lowest BCUT2D eigenvalue weighted by Crippen LogP contribution is -2.28. The van der Waals surface area contributed by atoms with Gasteiger partial charge in [0.15, 0.2) is 6.61 Å². The summed E-state index contributed by atoms with van der Waals surface area (Å²) in [6.07, 6.45) is 0.962. The quantitative estimate of drug-likeness (QED) is 0.753. The Hall–Kier alpha value is -2.86. The van der Waals surface area contributed by atoms with Crippen LogP contribution in [0.3, 0.4) is 0 Å². The van der Waals surface area contributed by atoms with E-state index in [0.717, 1.165) is 6.42 Å². The molecule has 0 unspecified atom stereocenters. The molecule has 1 aliphatic rings. The molecule has 0 radical (unpaired) electrons. The second-order valence-corrected chi connectivity index (χ2v) is 7.03. The SMILES string of the molecule is CCc1ccc(NC(=O)COC(=O)[C@H]2CC(=O)N(c3cccc(Cl)c3)C2)cc1. The molecule has 0 spiro atoms. The Kier molecular flexibility index (Phi) is 6.31. The zero-order valence-corrected chi connectivity index (χ0v) is 16.2. The Balaban J connectivity index is 1.50. The molecule has 0 bridgehead atoms. The molecule has 3 rings (SSSR count). The van der Waals surface area contributed by atoms with E-state index in [1.807, 2.05) is 19.1 Å². The van der Waals surface area contributed by atoms with Gasteiger partial charge in [-0.05, 0) is 42.3 Å². The number of halogens is 1. The minimum absolute atomic E-state index is 0.0471. The van der Waals surface area contributed by atoms with Crippen molar-refractivity contribution in [3.05, 3.63) is 59.1 Å². The third-order valence-electron chi connectivity index (χ3n) is 4.57. The van der Waals surface area contributed by atoms with Gasteiger partial charge in [-0.15, -0.1) is 0 Å². The number of aryl methyl sites for hydroxylation is 1. The molecule has 0 saturated carbocycles. The van der Waals surface area contributed by atoms with E-state index in [2.05, 4.69) is 5.32 Å². The summed E-state index contributed by atoms with van der Waals surface area (Å²) in [5.41, 5.74) is 2.45. The fourth-order valence-corrected chi connectivity index (χ4v) is 3.22. The highest BCUT2D eigenvalue weighted by Crippen LogP contribution is 2.27. The smallest absolute Gasteiger partial charge is 0.311 e. The Morgan fingerprint density at radius 2 is 1.96 bits per heavy atom. The van der Waals surface area contributed by atoms with Crippen LogP contribution in [-0.2, 0) is 25.5 Å². The average molecular weight is 401 g/mol. The Labute approximate surface area is 168 Å². The van der Waals surface area contributed by atoms with Crippen molar-refractivity contribution in [3.8, 4) is 0 Å². The number of benzene rings is 2. The maximum absolute atomic E-state index is 12.3. The highest BCUT2D eigenvalue weighted by atomic mass is 35.5. The van der Waals surface area contributed by atoms with Crippen LogP contribution in [-0.4, -0.2) is 30.9 Å². The normalized spacial score (nSPS) is 16.1. The first-order chi connectivity index (χ1) is 13.5. The maximum atomic E-state index is 12.3. The lowest BCUT2D eigenvalue weighted by molar-refractivity contribution is -0.151. The number of rotatable bonds is 6. The molecule has 0 aromatic heterocycles. The lowest BCUT2D eigenvalue weighted by atomic mass is 10.1. The predicted molar refractivity (Wildman–Crippen MR) is 107 cm³/mol. The van der Waals surface area contributed by atoms with Crippen LogP contribution in [0, 0.1) is 5.92 Å². The minimum Gasteiger partial charge on any atom is -0.455 e. The molecule has 1 saturated heterocycles. The molecule has 2 aromatic rings. The van der Waals surface area contributed by atoms with Crippen molar-refractivity contribution in [1.29, 1.82) is 0 Å². The van der Waals surface area contributed by atoms with Crippen LogP contribution < -0.4 is 10.2 Å². The van der Waals surface area contributed by atoms with Crippen LogP contribution in [0.25, 0.3) is 0 Å². The molecule has 1 atom stereocenters. The Morgan fingerprint density at radius 3 is 2.64 bits per heavy atom. The number of anilines is 2. The highest BCUT2D eigenvalue weighted by Gasteiger charge is 2.36. The van der Waals surface area contributed by atoms with Crippen molar-refractivity contribution >= 4 is 40.8 Å². The average Bonchev–Trinajstić information content (AvgIpc) is 3.08. The zero-order chi connectivity index (χ0) is 20.1. The fourth-order valence-electron chi connectivity index (χ4n) is 3.03. The standard InChI is InChI=1S/C21H21ClN2O4/c1-2-14-6-8-17(9-7-14)23-19(25)13-28-21(27)15-10-20(26)24(12-15)18-5-3-4-16(22)11-18/h3-9,11,15H,2,10,12-13H2,1H3,(H,23,25)/t15-/m0/s1. The first kappa shape index (κ1) is 19.9. The first-order valence-electron chi connectivity index (χ1n) is 9.07. The molecule has 0 aliphatic carbocycles. The number of nitrogens with one attached hydrogen (secondary N) is 1. The van der Waals surface area contributed by atoms with Crippen molar-refractivity contribution in [3.63, 3.8) is 0 Å². The number of ether oxygens (including phenoxy) is 1. The third kappa shape index (κ3) is 4.89. The molecule has 2 amide bonds. The number of carbonyl (C=O) groups is 3. The third-order valence-corrected chi connectivity index (χ3v) is 4.80. The second-order valence-electron chi connectivity index (χ2n) is 6.59. The van der Waals surface area contributed by atoms with Crippen molar-refractivity contribution in [2.75, 3.05) is 23.4 Å². The summed E-state index contributed by atoms with van der Waals surface area (Å²) in [5, 5.41) is 3.19. The summed E-state index contributed by atoms with van der Waals surface area (Å²) in [5.74, 6) is -1.77. The number of nitrogens with zero attached hydrogens (tertiary/aromatic N) is 1. The van der Waals surface area contributed by atoms with Gasteiger partial charge in [0.05, 0.1) is 5.92 Å². The van der Waals surface area contributed by atoms with E-state index in [1.165, 1.54) is 10.5 Å². The van der Waals surface area contributed by atoms with Crippen molar-refractivity contribution in [2.45, 2.75) is 19.8 Å². The molecule has 2 aromatic carbocycles. The van der Waals surface area contributed by atoms with E-state index in [0.29, 0.717) is 16.4 Å². The number of carbonyl (C=O) groups excluding carboxylic acids is 3. The van der Waals surface area contributed by atoms with Gasteiger partial charge in [-0.1, -0.05) is 36.7 Å². The summed E-state index contributed by atoms with van der Waals surface area (Å²) in [6.45, 7) is 1.86. The molecule has 6 nitrogen and oxygen atoms in total. The number of hydrogen-bond acceptors (Lipinski definition) is 4. The van der Waals surface area contributed by atoms with Crippen LogP contribution in [0.2, 0.25) is 5.02 Å². The Morgan fingerprint density at radius 1 is 1.21 bits per heavy atom. The molecule has 7 heteroatoms. The Bertz CT molecular complexity index is 882. The van der Waals surface area contributed by atoms with Crippen LogP contribution in [0.5, 0.6) is 0 Å². The van der Waals surface area contributed by atoms with Crippen LogP contribution in [0.15, 0.2) is 48.5 Å². The van der Waals surface area contributed by atoms with Gasteiger partial charge in [0.2, 0.25) is 5.91 Å². The minimum atomic E-state index is -0.608. The fraction of sp³-hybridized carbons (Fsp3) is 0.286. The predicted octanol–water partition coefficient (Wildman–Crippen LogP) is 3.44. The number of amides is 2. The molecular weight excluding hydrogens is 380 g/mol. The van der Waals surface area contributed by atoms with E-state index < -0.39 is 24.4 Å². The topological polar surface area (TPSA) is 75.7 Å². The number of hydrogen-bond donors (Lipinski definition) is 1. The van der Waals surface area contributed by atoms with E-state index in [9.17, 15) is 14.4 Å². The van der Waals surface area contributed by atoms with Gasteiger partial charge in [-0.3, -0.25) is 14.4 Å².